The third-order valence-corrected chi connectivity index (χ3v) is 12.3. The number of ether oxygens (including phenoxy) is 5. The molecule has 14 nitrogen and oxygen atoms in total. The summed E-state index contributed by atoms with van der Waals surface area (Å²) in [5.74, 6) is 4.60. The summed E-state index contributed by atoms with van der Waals surface area (Å²) >= 11 is 0. The largest absolute Gasteiger partial charge is 0.507 e. The number of aliphatic hydroxyl groups is 3. The zero-order valence-electron chi connectivity index (χ0n) is 31.3. The summed E-state index contributed by atoms with van der Waals surface area (Å²) in [5, 5.41) is 47.7. The van der Waals surface area contributed by atoms with Gasteiger partial charge in [-0.05, 0) is 50.0 Å². The number of carbonyl (C=O) groups excluding carboxylic acids is 4. The zero-order valence-corrected chi connectivity index (χ0v) is 31.3. The first-order chi connectivity index (χ1) is 26.3. The summed E-state index contributed by atoms with van der Waals surface area (Å²) in [4.78, 5) is 54.8. The van der Waals surface area contributed by atoms with Crippen LogP contribution in [-0.4, -0.2) is 101 Å². The molecule has 5 aliphatic rings. The van der Waals surface area contributed by atoms with Gasteiger partial charge in [0, 0.05) is 48.8 Å². The molecule has 0 bridgehead atoms. The van der Waals surface area contributed by atoms with E-state index in [2.05, 4.69) is 17.2 Å². The second-order valence-corrected chi connectivity index (χ2v) is 15.2. The molecule has 1 saturated carbocycles. The summed E-state index contributed by atoms with van der Waals surface area (Å²) in [6, 6.07) is 3.60. The monoisotopic (exact) mass is 761 g/mol. The Hall–Kier alpha value is -4.52. The molecule has 0 spiro atoms. The lowest BCUT2D eigenvalue weighted by molar-refractivity contribution is -0.280. The van der Waals surface area contributed by atoms with E-state index < -0.39 is 84.4 Å². The molecule has 1 saturated heterocycles. The molecule has 8 unspecified atom stereocenters. The summed E-state index contributed by atoms with van der Waals surface area (Å²) < 4.78 is 29.8. The number of ketones is 3. The van der Waals surface area contributed by atoms with Crippen LogP contribution >= 0.6 is 0 Å². The molecule has 4 aliphatic carbocycles. The topological polar surface area (TPSA) is 207 Å². The molecule has 5 N–H and O–H groups in total. The molecule has 2 aromatic carbocycles. The average Bonchev–Trinajstić information content (AvgIpc) is 3.82. The van der Waals surface area contributed by atoms with E-state index in [1.54, 1.807) is 13.8 Å². The van der Waals surface area contributed by atoms with Gasteiger partial charge in [-0.25, -0.2) is 4.79 Å². The number of methoxy groups -OCH3 is 2. The van der Waals surface area contributed by atoms with Gasteiger partial charge in [0.2, 0.25) is 5.78 Å². The van der Waals surface area contributed by atoms with E-state index in [1.807, 2.05) is 0 Å². The van der Waals surface area contributed by atoms with Gasteiger partial charge in [0.05, 0.1) is 49.7 Å². The fourth-order valence-electron chi connectivity index (χ4n) is 9.36. The maximum atomic E-state index is 14.3. The molecule has 294 valence electrons. The number of aliphatic hydroxyl groups excluding tert-OH is 2. The van der Waals surface area contributed by atoms with Crippen LogP contribution in [0.15, 0.2) is 18.2 Å². The number of hydrogen-bond acceptors (Lipinski definition) is 13. The van der Waals surface area contributed by atoms with E-state index >= 15 is 0 Å². The molecule has 1 aliphatic heterocycles. The highest BCUT2D eigenvalue weighted by molar-refractivity contribution is 6.31. The first-order valence-electron chi connectivity index (χ1n) is 18.8. The predicted molar refractivity (Wildman–Crippen MR) is 193 cm³/mol. The van der Waals surface area contributed by atoms with Crippen LogP contribution in [0.5, 0.6) is 17.2 Å². The first kappa shape index (κ1) is 38.7. The van der Waals surface area contributed by atoms with Crippen molar-refractivity contribution in [2.45, 2.75) is 101 Å². The highest BCUT2D eigenvalue weighted by Crippen LogP contribution is 2.57. The molecule has 1 heterocycles. The van der Waals surface area contributed by atoms with Crippen LogP contribution in [0.3, 0.4) is 0 Å². The lowest BCUT2D eigenvalue weighted by Gasteiger charge is -2.49. The number of aromatic hydroxyl groups is 1. The number of Topliss-reactive ketones (excluding diaryl/α,β-unsaturated/α-hetero) is 1. The number of hydrogen-bond donors (Lipinski definition) is 5. The van der Waals surface area contributed by atoms with Gasteiger partial charge >= 0.3 is 6.09 Å². The van der Waals surface area contributed by atoms with Crippen LogP contribution in [0.4, 0.5) is 4.79 Å². The lowest BCUT2D eigenvalue weighted by atomic mass is 9.65. The molecule has 2 aromatic rings. The Morgan fingerprint density at radius 1 is 1.04 bits per heavy atom. The highest BCUT2D eigenvalue weighted by Gasteiger charge is 2.57. The van der Waals surface area contributed by atoms with Gasteiger partial charge < -0.3 is 49.4 Å². The Morgan fingerprint density at radius 2 is 1.75 bits per heavy atom. The Balaban J connectivity index is 1.22. The molecule has 1 amide bonds. The quantitative estimate of drug-likeness (QED) is 0.189. The molecule has 14 heteroatoms. The number of fused-ring (bicyclic) bond motifs is 4. The minimum atomic E-state index is -2.30. The Bertz CT molecular complexity index is 1970. The number of phenols is 1. The van der Waals surface area contributed by atoms with E-state index in [-0.39, 0.29) is 70.2 Å². The van der Waals surface area contributed by atoms with Crippen molar-refractivity contribution in [3.63, 3.8) is 0 Å². The second-order valence-electron chi connectivity index (χ2n) is 15.2. The third kappa shape index (κ3) is 6.55. The van der Waals surface area contributed by atoms with E-state index in [9.17, 15) is 39.6 Å². The van der Waals surface area contributed by atoms with Crippen molar-refractivity contribution in [1.82, 2.24) is 5.32 Å². The minimum absolute atomic E-state index is 0.00332. The van der Waals surface area contributed by atoms with Crippen molar-refractivity contribution < 1.29 is 63.3 Å². The fraction of sp³-hybridized carbons (Fsp3) is 0.561. The van der Waals surface area contributed by atoms with Crippen molar-refractivity contribution in [2.24, 2.45) is 17.8 Å². The predicted octanol–water partition coefficient (Wildman–Crippen LogP) is 3.08. The van der Waals surface area contributed by atoms with Crippen molar-refractivity contribution in [3.05, 3.63) is 51.6 Å². The average molecular weight is 762 g/mol. The third-order valence-electron chi connectivity index (χ3n) is 12.3. The number of benzene rings is 2. The van der Waals surface area contributed by atoms with Crippen molar-refractivity contribution >= 4 is 23.4 Å². The minimum Gasteiger partial charge on any atom is -0.507 e. The summed E-state index contributed by atoms with van der Waals surface area (Å²) in [6.07, 6.45) is -1.43. The van der Waals surface area contributed by atoms with E-state index in [0.717, 1.165) is 25.7 Å². The number of nitrogens with one attached hydrogen (secondary N) is 1. The summed E-state index contributed by atoms with van der Waals surface area (Å²) in [7, 11) is 2.65. The van der Waals surface area contributed by atoms with Crippen LogP contribution in [0.25, 0.3) is 0 Å². The molecular weight excluding hydrogens is 714 g/mol. The van der Waals surface area contributed by atoms with E-state index in [4.69, 9.17) is 23.7 Å². The molecule has 0 radical (unpaired) electrons. The van der Waals surface area contributed by atoms with Gasteiger partial charge in [0.1, 0.15) is 41.2 Å². The van der Waals surface area contributed by atoms with Gasteiger partial charge in [-0.2, -0.15) is 0 Å². The second kappa shape index (κ2) is 14.9. The van der Waals surface area contributed by atoms with Gasteiger partial charge in [0.15, 0.2) is 17.9 Å². The highest BCUT2D eigenvalue weighted by atomic mass is 16.7. The zero-order chi connectivity index (χ0) is 39.4. The van der Waals surface area contributed by atoms with Gasteiger partial charge in [-0.15, -0.1) is 11.8 Å². The molecule has 7 rings (SSSR count). The standard InChI is InChI=1S/C41H47NO13/c1-5-41(55-29-15-26(34(45)20(2)54-29)42-39(49)53-18-25-21-11-8-6-7-9-12-22(21)25)19-40(50,28(44)17-43)16-24-33(41)38(52-4)32-31(36(24)47)35(46)23-13-10-14-27(51-3)30(23)37(32)48/h10,13-14,20-22,25-26,29,34,43,45,47,50H,5,8-9,11-12,15-19H2,1-4H3,(H,42,49). The maximum absolute atomic E-state index is 14.3. The van der Waals surface area contributed by atoms with E-state index in [1.165, 1.54) is 32.4 Å². The van der Waals surface area contributed by atoms with Crippen LogP contribution in [-0.2, 0) is 31.0 Å². The fourth-order valence-corrected chi connectivity index (χ4v) is 9.36. The van der Waals surface area contributed by atoms with Crippen LogP contribution in [0.1, 0.15) is 102 Å². The number of alkyl carbamates (subject to hydrolysis) is 1. The number of rotatable bonds is 10. The van der Waals surface area contributed by atoms with Gasteiger partial charge in [-0.3, -0.25) is 14.4 Å². The van der Waals surface area contributed by atoms with E-state index in [0.29, 0.717) is 11.8 Å². The van der Waals surface area contributed by atoms with Gasteiger partial charge in [0.25, 0.3) is 0 Å². The van der Waals surface area contributed by atoms with Crippen molar-refractivity contribution in [3.8, 4) is 29.1 Å². The molecule has 0 aromatic heterocycles. The van der Waals surface area contributed by atoms with Crippen LogP contribution < -0.4 is 14.8 Å². The maximum Gasteiger partial charge on any atom is 0.407 e. The molecule has 2 fully saturated rings. The molecular formula is C41H47NO13. The van der Waals surface area contributed by atoms with Crippen LogP contribution in [0.2, 0.25) is 0 Å². The summed E-state index contributed by atoms with van der Waals surface area (Å²) in [5.41, 5.74) is -4.68. The smallest absolute Gasteiger partial charge is 0.407 e. The summed E-state index contributed by atoms with van der Waals surface area (Å²) in [6.45, 7) is 2.50. The van der Waals surface area contributed by atoms with Crippen LogP contribution in [0, 0.1) is 29.6 Å². The molecule has 8 atom stereocenters. The normalized spacial score (nSPS) is 31.9. The van der Waals surface area contributed by atoms with Crippen molar-refractivity contribution in [1.29, 1.82) is 0 Å². The number of carbonyl (C=O) groups is 4. The number of amides is 1. The van der Waals surface area contributed by atoms with Gasteiger partial charge in [-0.1, -0.05) is 19.1 Å². The Morgan fingerprint density at radius 3 is 2.38 bits per heavy atom. The SMILES string of the molecule is CCC1(OC2CC(NC(=O)OCC3C4CCC#CCCC43)C(O)C(C)O2)CC(O)(C(=O)CO)Cc2c(O)c3c(c(OC)c21)C(=O)c1c(OC)cccc1C3=O. The Kier molecular flexibility index (Phi) is 10.5. The first-order valence-corrected chi connectivity index (χ1v) is 18.8. The Labute approximate surface area is 318 Å². The number of phenolic OH excluding ortho intramolecular Hbond substituents is 1. The van der Waals surface area contributed by atoms with Crippen molar-refractivity contribution in [2.75, 3.05) is 27.4 Å². The molecule has 55 heavy (non-hydrogen) atoms. The lowest BCUT2D eigenvalue weighted by Crippen LogP contribution is -2.58.